The van der Waals surface area contributed by atoms with Crippen molar-refractivity contribution in [2.24, 2.45) is 0 Å². The average molecular weight is 235 g/mol. The molecule has 1 rings (SSSR count). The van der Waals surface area contributed by atoms with E-state index in [0.717, 1.165) is 24.2 Å². The van der Waals surface area contributed by atoms with Gasteiger partial charge in [0.2, 0.25) is 5.91 Å². The van der Waals surface area contributed by atoms with Crippen LogP contribution in [0, 0.1) is 0 Å². The van der Waals surface area contributed by atoms with E-state index in [1.165, 1.54) is 0 Å². The highest BCUT2D eigenvalue weighted by molar-refractivity contribution is 5.75. The predicted molar refractivity (Wildman–Crippen MR) is 69.0 cm³/mol. The summed E-state index contributed by atoms with van der Waals surface area (Å²) in [5.41, 5.74) is 1.12. The second-order valence-electron chi connectivity index (χ2n) is 4.20. The van der Waals surface area contributed by atoms with Crippen molar-refractivity contribution >= 4 is 5.91 Å². The van der Waals surface area contributed by atoms with Crippen molar-refractivity contribution in [2.45, 2.75) is 32.7 Å². The second-order valence-corrected chi connectivity index (χ2v) is 4.20. The fourth-order valence-corrected chi connectivity index (χ4v) is 1.61. The summed E-state index contributed by atoms with van der Waals surface area (Å²) in [6.45, 7) is 2.75. The SMILES string of the molecule is CCCCC(=O)N(C)Cc1ccc(OC)cc1. The zero-order valence-corrected chi connectivity index (χ0v) is 10.9. The summed E-state index contributed by atoms with van der Waals surface area (Å²) in [6, 6.07) is 7.81. The molecule has 0 radical (unpaired) electrons. The number of rotatable bonds is 6. The topological polar surface area (TPSA) is 29.5 Å². The van der Waals surface area contributed by atoms with Gasteiger partial charge in [0.05, 0.1) is 7.11 Å². The molecule has 3 nitrogen and oxygen atoms in total. The van der Waals surface area contributed by atoms with Gasteiger partial charge in [-0.3, -0.25) is 4.79 Å². The second kappa shape index (κ2) is 6.94. The van der Waals surface area contributed by atoms with E-state index in [-0.39, 0.29) is 5.91 Å². The van der Waals surface area contributed by atoms with Crippen LogP contribution in [0.2, 0.25) is 0 Å². The van der Waals surface area contributed by atoms with Gasteiger partial charge in [0, 0.05) is 20.0 Å². The van der Waals surface area contributed by atoms with Crippen molar-refractivity contribution in [2.75, 3.05) is 14.2 Å². The highest BCUT2D eigenvalue weighted by Gasteiger charge is 2.08. The Labute approximate surface area is 103 Å². The monoisotopic (exact) mass is 235 g/mol. The average Bonchev–Trinajstić information content (AvgIpc) is 2.36. The Bertz CT molecular complexity index is 346. The number of hydrogen-bond donors (Lipinski definition) is 0. The first kappa shape index (κ1) is 13.6. The fourth-order valence-electron chi connectivity index (χ4n) is 1.61. The first-order valence-corrected chi connectivity index (χ1v) is 6.04. The molecule has 94 valence electrons. The maximum Gasteiger partial charge on any atom is 0.222 e. The lowest BCUT2D eigenvalue weighted by molar-refractivity contribution is -0.130. The molecule has 0 unspecified atom stereocenters. The third-order valence-corrected chi connectivity index (χ3v) is 2.75. The van der Waals surface area contributed by atoms with Gasteiger partial charge in [0.15, 0.2) is 0 Å². The Morgan fingerprint density at radius 3 is 2.47 bits per heavy atom. The standard InChI is InChI=1S/C14H21NO2/c1-4-5-6-14(16)15(2)11-12-7-9-13(17-3)10-8-12/h7-10H,4-6,11H2,1-3H3. The molecule has 3 heteroatoms. The van der Waals surface area contributed by atoms with E-state index in [1.807, 2.05) is 31.3 Å². The van der Waals surface area contributed by atoms with Gasteiger partial charge in [-0.2, -0.15) is 0 Å². The van der Waals surface area contributed by atoms with Crippen molar-refractivity contribution in [3.63, 3.8) is 0 Å². The summed E-state index contributed by atoms with van der Waals surface area (Å²) in [7, 11) is 3.50. The van der Waals surface area contributed by atoms with Crippen LogP contribution in [0.5, 0.6) is 5.75 Å². The maximum absolute atomic E-state index is 11.7. The van der Waals surface area contributed by atoms with Crippen LogP contribution in [0.4, 0.5) is 0 Å². The maximum atomic E-state index is 11.7. The Balaban J connectivity index is 2.49. The molecule has 0 fully saturated rings. The minimum Gasteiger partial charge on any atom is -0.497 e. The van der Waals surface area contributed by atoms with Crippen LogP contribution < -0.4 is 4.74 Å². The number of amides is 1. The van der Waals surface area contributed by atoms with Crippen molar-refractivity contribution in [1.29, 1.82) is 0 Å². The molecule has 0 saturated carbocycles. The molecule has 17 heavy (non-hydrogen) atoms. The highest BCUT2D eigenvalue weighted by atomic mass is 16.5. The van der Waals surface area contributed by atoms with Gasteiger partial charge in [-0.15, -0.1) is 0 Å². The minimum absolute atomic E-state index is 0.211. The minimum atomic E-state index is 0.211. The zero-order valence-electron chi connectivity index (χ0n) is 10.9. The smallest absolute Gasteiger partial charge is 0.222 e. The molecular formula is C14H21NO2. The molecule has 1 aromatic rings. The van der Waals surface area contributed by atoms with E-state index < -0.39 is 0 Å². The van der Waals surface area contributed by atoms with Crippen LogP contribution in [0.15, 0.2) is 24.3 Å². The Morgan fingerprint density at radius 1 is 1.29 bits per heavy atom. The van der Waals surface area contributed by atoms with E-state index in [9.17, 15) is 4.79 Å². The molecule has 0 saturated heterocycles. The summed E-state index contributed by atoms with van der Waals surface area (Å²) in [6.07, 6.45) is 2.66. The molecule has 0 heterocycles. The third-order valence-electron chi connectivity index (χ3n) is 2.75. The number of benzene rings is 1. The molecule has 0 aliphatic rings. The van der Waals surface area contributed by atoms with Crippen molar-refractivity contribution in [1.82, 2.24) is 4.90 Å². The molecule has 0 aromatic heterocycles. The fraction of sp³-hybridized carbons (Fsp3) is 0.500. The lowest BCUT2D eigenvalue weighted by atomic mass is 10.2. The van der Waals surface area contributed by atoms with Gasteiger partial charge in [-0.1, -0.05) is 25.5 Å². The number of nitrogens with zero attached hydrogens (tertiary/aromatic N) is 1. The lowest BCUT2D eigenvalue weighted by Crippen LogP contribution is -2.25. The number of carbonyl (C=O) groups excluding carboxylic acids is 1. The van der Waals surface area contributed by atoms with Gasteiger partial charge in [0.25, 0.3) is 0 Å². The summed E-state index contributed by atoms with van der Waals surface area (Å²) in [4.78, 5) is 13.5. The molecule has 1 amide bonds. The van der Waals surface area contributed by atoms with E-state index >= 15 is 0 Å². The summed E-state index contributed by atoms with van der Waals surface area (Å²) in [5.74, 6) is 1.05. The molecule has 1 aromatic carbocycles. The van der Waals surface area contributed by atoms with E-state index in [4.69, 9.17) is 4.74 Å². The quantitative estimate of drug-likeness (QED) is 0.758. The Morgan fingerprint density at radius 2 is 1.94 bits per heavy atom. The van der Waals surface area contributed by atoms with Crippen LogP contribution in [-0.4, -0.2) is 25.0 Å². The van der Waals surface area contributed by atoms with Gasteiger partial charge < -0.3 is 9.64 Å². The highest BCUT2D eigenvalue weighted by Crippen LogP contribution is 2.13. The molecule has 0 aliphatic carbocycles. The molecule has 0 aliphatic heterocycles. The number of carbonyl (C=O) groups is 1. The molecule has 0 bridgehead atoms. The van der Waals surface area contributed by atoms with Crippen LogP contribution in [-0.2, 0) is 11.3 Å². The van der Waals surface area contributed by atoms with Gasteiger partial charge >= 0.3 is 0 Å². The lowest BCUT2D eigenvalue weighted by Gasteiger charge is -2.17. The largest absolute Gasteiger partial charge is 0.497 e. The van der Waals surface area contributed by atoms with Crippen molar-refractivity contribution in [3.05, 3.63) is 29.8 Å². The zero-order chi connectivity index (χ0) is 12.7. The number of methoxy groups -OCH3 is 1. The first-order chi connectivity index (χ1) is 8.17. The van der Waals surface area contributed by atoms with Crippen molar-refractivity contribution < 1.29 is 9.53 Å². The number of ether oxygens (including phenoxy) is 1. The predicted octanol–water partition coefficient (Wildman–Crippen LogP) is 2.84. The van der Waals surface area contributed by atoms with Crippen LogP contribution in [0.1, 0.15) is 31.7 Å². The van der Waals surface area contributed by atoms with E-state index in [2.05, 4.69) is 6.92 Å². The third kappa shape index (κ3) is 4.47. The summed E-state index contributed by atoms with van der Waals surface area (Å²) < 4.78 is 5.09. The number of hydrogen-bond acceptors (Lipinski definition) is 2. The Kier molecular flexibility index (Phi) is 5.53. The summed E-state index contributed by atoms with van der Waals surface area (Å²) >= 11 is 0. The van der Waals surface area contributed by atoms with Gasteiger partial charge in [-0.25, -0.2) is 0 Å². The van der Waals surface area contributed by atoms with E-state index in [1.54, 1.807) is 12.0 Å². The molecule has 0 atom stereocenters. The number of unbranched alkanes of at least 4 members (excludes halogenated alkanes) is 1. The van der Waals surface area contributed by atoms with Gasteiger partial charge in [-0.05, 0) is 24.1 Å². The molecular weight excluding hydrogens is 214 g/mol. The summed E-state index contributed by atoms with van der Waals surface area (Å²) in [5, 5.41) is 0. The molecule has 0 N–H and O–H groups in total. The van der Waals surface area contributed by atoms with Gasteiger partial charge in [0.1, 0.15) is 5.75 Å². The normalized spacial score (nSPS) is 10.1. The Hall–Kier alpha value is -1.51. The first-order valence-electron chi connectivity index (χ1n) is 6.04. The van der Waals surface area contributed by atoms with E-state index in [0.29, 0.717) is 13.0 Å². The van der Waals surface area contributed by atoms with Crippen LogP contribution in [0.25, 0.3) is 0 Å². The van der Waals surface area contributed by atoms with Crippen LogP contribution in [0.3, 0.4) is 0 Å². The van der Waals surface area contributed by atoms with Crippen molar-refractivity contribution in [3.8, 4) is 5.75 Å². The molecule has 0 spiro atoms. The van der Waals surface area contributed by atoms with Crippen LogP contribution >= 0.6 is 0 Å².